The molecule has 1 fully saturated rings. The minimum absolute atomic E-state index is 0.0493. The van der Waals surface area contributed by atoms with Gasteiger partial charge in [-0.25, -0.2) is 4.98 Å². The first kappa shape index (κ1) is 22.6. The number of rotatable bonds is 5. The summed E-state index contributed by atoms with van der Waals surface area (Å²) < 4.78 is 0. The van der Waals surface area contributed by atoms with Crippen LogP contribution in [-0.2, 0) is 4.79 Å². The lowest BCUT2D eigenvalue weighted by molar-refractivity contribution is -0.121. The second kappa shape index (κ2) is 10.3. The number of nitrogens with one attached hydrogen (secondary N) is 1. The van der Waals surface area contributed by atoms with Crippen LogP contribution in [0.5, 0.6) is 0 Å². The molecule has 0 bridgehead atoms. The van der Waals surface area contributed by atoms with Crippen molar-refractivity contribution < 1.29 is 9.59 Å². The number of nitriles is 1. The average Bonchev–Trinajstić information content (AvgIpc) is 2.84. The summed E-state index contributed by atoms with van der Waals surface area (Å²) >= 11 is 1.42. The molecule has 3 aromatic rings. The van der Waals surface area contributed by atoms with Gasteiger partial charge in [-0.05, 0) is 56.2 Å². The van der Waals surface area contributed by atoms with E-state index in [2.05, 4.69) is 16.4 Å². The highest BCUT2D eigenvalue weighted by Crippen LogP contribution is 2.33. The number of aryl methyl sites for hydroxylation is 1. The topological polar surface area (TPSA) is 86.1 Å². The SMILES string of the molecule is Cc1cccc(NC(=O)C2CCN(C(=O)c3ccccc3Sc3ccccc3C#N)CC2)n1. The van der Waals surface area contributed by atoms with Crippen LogP contribution in [0.1, 0.15) is 34.5 Å². The Kier molecular flexibility index (Phi) is 7.06. The Hall–Kier alpha value is -3.63. The zero-order valence-corrected chi connectivity index (χ0v) is 19.1. The van der Waals surface area contributed by atoms with Crippen LogP contribution in [0.3, 0.4) is 0 Å². The molecule has 7 heteroatoms. The molecule has 2 heterocycles. The molecule has 1 aromatic heterocycles. The molecule has 2 amide bonds. The van der Waals surface area contributed by atoms with Crippen molar-refractivity contribution in [2.24, 2.45) is 5.92 Å². The van der Waals surface area contributed by atoms with Gasteiger partial charge in [-0.3, -0.25) is 9.59 Å². The Morgan fingerprint density at radius 1 is 1.00 bits per heavy atom. The maximum Gasteiger partial charge on any atom is 0.255 e. The Bertz CT molecular complexity index is 1210. The molecule has 1 aliphatic heterocycles. The van der Waals surface area contributed by atoms with Gasteiger partial charge in [-0.2, -0.15) is 5.26 Å². The number of hydrogen-bond donors (Lipinski definition) is 1. The molecule has 0 spiro atoms. The number of benzene rings is 2. The highest BCUT2D eigenvalue weighted by Gasteiger charge is 2.29. The highest BCUT2D eigenvalue weighted by molar-refractivity contribution is 7.99. The first-order chi connectivity index (χ1) is 16.0. The highest BCUT2D eigenvalue weighted by atomic mass is 32.2. The third-order valence-electron chi connectivity index (χ3n) is 5.64. The predicted molar refractivity (Wildman–Crippen MR) is 128 cm³/mol. The van der Waals surface area contributed by atoms with Crippen LogP contribution in [0.25, 0.3) is 0 Å². The Morgan fingerprint density at radius 2 is 1.70 bits per heavy atom. The molecule has 33 heavy (non-hydrogen) atoms. The zero-order chi connectivity index (χ0) is 23.2. The van der Waals surface area contributed by atoms with E-state index in [0.29, 0.717) is 42.9 Å². The number of pyridine rings is 1. The predicted octanol–water partition coefficient (Wildman–Crippen LogP) is 4.90. The quantitative estimate of drug-likeness (QED) is 0.590. The second-order valence-corrected chi connectivity index (χ2v) is 9.01. The minimum Gasteiger partial charge on any atom is -0.339 e. The van der Waals surface area contributed by atoms with Crippen molar-refractivity contribution in [3.05, 3.63) is 83.6 Å². The van der Waals surface area contributed by atoms with E-state index >= 15 is 0 Å². The molecule has 2 aromatic carbocycles. The smallest absolute Gasteiger partial charge is 0.255 e. The number of carbonyl (C=O) groups excluding carboxylic acids is 2. The minimum atomic E-state index is -0.150. The monoisotopic (exact) mass is 456 g/mol. The molecular formula is C26H24N4O2S. The molecule has 6 nitrogen and oxygen atoms in total. The van der Waals surface area contributed by atoms with Crippen molar-refractivity contribution in [2.75, 3.05) is 18.4 Å². The van der Waals surface area contributed by atoms with Crippen LogP contribution in [0, 0.1) is 24.2 Å². The van der Waals surface area contributed by atoms with E-state index in [-0.39, 0.29) is 17.7 Å². The molecule has 4 rings (SSSR count). The lowest BCUT2D eigenvalue weighted by atomic mass is 9.95. The number of hydrogen-bond acceptors (Lipinski definition) is 5. The van der Waals surface area contributed by atoms with E-state index in [9.17, 15) is 14.9 Å². The summed E-state index contributed by atoms with van der Waals surface area (Å²) in [5.74, 6) is 0.307. The van der Waals surface area contributed by atoms with Crippen molar-refractivity contribution in [1.29, 1.82) is 5.26 Å². The van der Waals surface area contributed by atoms with Gasteiger partial charge in [0, 0.05) is 34.5 Å². The van der Waals surface area contributed by atoms with Crippen LogP contribution in [0.2, 0.25) is 0 Å². The molecule has 0 atom stereocenters. The normalized spacial score (nSPS) is 13.9. The Balaban J connectivity index is 1.41. The third-order valence-corrected chi connectivity index (χ3v) is 6.79. The van der Waals surface area contributed by atoms with E-state index in [1.807, 2.05) is 66.4 Å². The van der Waals surface area contributed by atoms with E-state index in [0.717, 1.165) is 15.5 Å². The lowest BCUT2D eigenvalue weighted by Crippen LogP contribution is -2.41. The Labute approximate surface area is 197 Å². The summed E-state index contributed by atoms with van der Waals surface area (Å²) in [6.45, 7) is 2.92. The number of anilines is 1. The largest absolute Gasteiger partial charge is 0.339 e. The molecule has 1 aliphatic rings. The van der Waals surface area contributed by atoms with Crippen LogP contribution in [-0.4, -0.2) is 34.8 Å². The van der Waals surface area contributed by atoms with Gasteiger partial charge in [0.05, 0.1) is 11.1 Å². The molecule has 1 N–H and O–H groups in total. The van der Waals surface area contributed by atoms with Gasteiger partial charge < -0.3 is 10.2 Å². The van der Waals surface area contributed by atoms with Crippen LogP contribution >= 0.6 is 11.8 Å². The first-order valence-corrected chi connectivity index (χ1v) is 11.7. The summed E-state index contributed by atoms with van der Waals surface area (Å²) in [5.41, 5.74) is 2.05. The van der Waals surface area contributed by atoms with E-state index in [1.54, 1.807) is 12.1 Å². The fourth-order valence-corrected chi connectivity index (χ4v) is 4.87. The van der Waals surface area contributed by atoms with E-state index in [4.69, 9.17) is 0 Å². The molecule has 0 radical (unpaired) electrons. The average molecular weight is 457 g/mol. The molecule has 1 saturated heterocycles. The number of carbonyl (C=O) groups is 2. The van der Waals surface area contributed by atoms with Gasteiger partial charge in [0.15, 0.2) is 0 Å². The molecule has 0 saturated carbocycles. The summed E-state index contributed by atoms with van der Waals surface area (Å²) in [5, 5.41) is 12.3. The maximum absolute atomic E-state index is 13.3. The van der Waals surface area contributed by atoms with Crippen molar-refractivity contribution in [1.82, 2.24) is 9.88 Å². The first-order valence-electron chi connectivity index (χ1n) is 10.8. The van der Waals surface area contributed by atoms with E-state index < -0.39 is 0 Å². The third kappa shape index (κ3) is 5.41. The number of likely N-dealkylation sites (tertiary alicyclic amines) is 1. The van der Waals surface area contributed by atoms with Crippen molar-refractivity contribution in [2.45, 2.75) is 29.6 Å². The van der Waals surface area contributed by atoms with Crippen LogP contribution < -0.4 is 5.32 Å². The standard InChI is InChI=1S/C26H24N4O2S/c1-18-7-6-12-24(28-18)29-25(31)19-13-15-30(16-14-19)26(32)21-9-3-5-11-23(21)33-22-10-4-2-8-20(22)17-27/h2-12,19H,13-16H2,1H3,(H,28,29,31). The molecular weight excluding hydrogens is 432 g/mol. The Morgan fingerprint density at radius 3 is 2.42 bits per heavy atom. The summed E-state index contributed by atoms with van der Waals surface area (Å²) in [6, 6.07) is 22.6. The summed E-state index contributed by atoms with van der Waals surface area (Å²) in [7, 11) is 0. The molecule has 166 valence electrons. The van der Waals surface area contributed by atoms with Gasteiger partial charge in [0.2, 0.25) is 5.91 Å². The summed E-state index contributed by atoms with van der Waals surface area (Å²) in [6.07, 6.45) is 1.21. The van der Waals surface area contributed by atoms with Gasteiger partial charge >= 0.3 is 0 Å². The van der Waals surface area contributed by atoms with Crippen molar-refractivity contribution in [3.63, 3.8) is 0 Å². The fraction of sp³-hybridized carbons (Fsp3) is 0.231. The van der Waals surface area contributed by atoms with Gasteiger partial charge in [-0.15, -0.1) is 0 Å². The number of nitrogens with zero attached hydrogens (tertiary/aromatic N) is 3. The van der Waals surface area contributed by atoms with Gasteiger partial charge in [0.25, 0.3) is 5.91 Å². The fourth-order valence-electron chi connectivity index (χ4n) is 3.85. The second-order valence-electron chi connectivity index (χ2n) is 7.93. The van der Waals surface area contributed by atoms with Crippen LogP contribution in [0.15, 0.2) is 76.5 Å². The van der Waals surface area contributed by atoms with Gasteiger partial charge in [-0.1, -0.05) is 42.1 Å². The maximum atomic E-state index is 13.3. The summed E-state index contributed by atoms with van der Waals surface area (Å²) in [4.78, 5) is 33.7. The lowest BCUT2D eigenvalue weighted by Gasteiger charge is -2.31. The van der Waals surface area contributed by atoms with Gasteiger partial charge in [0.1, 0.15) is 11.9 Å². The van der Waals surface area contributed by atoms with Crippen LogP contribution in [0.4, 0.5) is 5.82 Å². The number of aromatic nitrogens is 1. The van der Waals surface area contributed by atoms with Crippen molar-refractivity contribution >= 4 is 29.4 Å². The van der Waals surface area contributed by atoms with E-state index in [1.165, 1.54) is 11.8 Å². The van der Waals surface area contributed by atoms with Crippen molar-refractivity contribution in [3.8, 4) is 6.07 Å². The zero-order valence-electron chi connectivity index (χ0n) is 18.3. The number of amides is 2. The molecule has 0 aliphatic carbocycles. The molecule has 0 unspecified atom stereocenters. The number of piperidine rings is 1.